The molecule has 0 fully saturated rings. The Labute approximate surface area is 201 Å². The highest BCUT2D eigenvalue weighted by Gasteiger charge is 2.32. The molecule has 34 heavy (non-hydrogen) atoms. The van der Waals surface area contributed by atoms with Crippen LogP contribution in [0, 0.1) is 17.8 Å². The molecule has 0 aliphatic rings. The number of aromatic amines is 1. The van der Waals surface area contributed by atoms with Crippen molar-refractivity contribution < 1.29 is 24.3 Å². The summed E-state index contributed by atoms with van der Waals surface area (Å²) in [5.74, 6) is -3.05. The van der Waals surface area contributed by atoms with Crippen molar-refractivity contribution in [3.05, 3.63) is 18.2 Å². The van der Waals surface area contributed by atoms with Gasteiger partial charge in [-0.2, -0.15) is 0 Å². The van der Waals surface area contributed by atoms with Crippen LogP contribution in [0.1, 0.15) is 60.1 Å². The lowest BCUT2D eigenvalue weighted by Crippen LogP contribution is -2.59. The van der Waals surface area contributed by atoms with E-state index >= 15 is 0 Å². The molecule has 1 heterocycles. The molecule has 1 aromatic heterocycles. The van der Waals surface area contributed by atoms with Crippen LogP contribution < -0.4 is 21.7 Å². The highest BCUT2D eigenvalue weighted by atomic mass is 16.4. The van der Waals surface area contributed by atoms with Gasteiger partial charge in [-0.25, -0.2) is 9.78 Å². The molecule has 11 heteroatoms. The Morgan fingerprint density at radius 3 is 2.09 bits per heavy atom. The Balaban J connectivity index is 2.96. The molecule has 0 bridgehead atoms. The molecule has 5 atom stereocenters. The zero-order valence-electron chi connectivity index (χ0n) is 20.9. The Hall–Kier alpha value is -2.95. The SMILES string of the molecule is CCC(C)C(N)C(=O)NC(C(=O)NC(CC(C)C)C(=O)NC(Cc1cnc[nH]1)C(=O)O)C(C)C. The lowest BCUT2D eigenvalue weighted by molar-refractivity contribution is -0.142. The monoisotopic (exact) mass is 480 g/mol. The van der Waals surface area contributed by atoms with Crippen molar-refractivity contribution in [2.75, 3.05) is 0 Å². The van der Waals surface area contributed by atoms with E-state index in [1.165, 1.54) is 12.5 Å². The van der Waals surface area contributed by atoms with Gasteiger partial charge in [0.1, 0.15) is 18.1 Å². The van der Waals surface area contributed by atoms with Crippen LogP contribution in [0.15, 0.2) is 12.5 Å². The predicted molar refractivity (Wildman–Crippen MR) is 127 cm³/mol. The van der Waals surface area contributed by atoms with E-state index in [1.807, 2.05) is 27.7 Å². The first-order valence-electron chi connectivity index (χ1n) is 11.7. The van der Waals surface area contributed by atoms with Gasteiger partial charge >= 0.3 is 5.97 Å². The fraction of sp³-hybridized carbons (Fsp3) is 0.696. The van der Waals surface area contributed by atoms with Crippen LogP contribution >= 0.6 is 0 Å². The van der Waals surface area contributed by atoms with Crippen molar-refractivity contribution in [3.8, 4) is 0 Å². The summed E-state index contributed by atoms with van der Waals surface area (Å²) in [4.78, 5) is 57.0. The van der Waals surface area contributed by atoms with E-state index in [9.17, 15) is 24.3 Å². The van der Waals surface area contributed by atoms with Crippen molar-refractivity contribution in [3.63, 3.8) is 0 Å². The van der Waals surface area contributed by atoms with Crippen LogP contribution in [-0.2, 0) is 25.6 Å². The third-order valence-corrected chi connectivity index (χ3v) is 5.74. The van der Waals surface area contributed by atoms with Gasteiger partial charge in [0, 0.05) is 18.3 Å². The van der Waals surface area contributed by atoms with Gasteiger partial charge in [0.2, 0.25) is 17.7 Å². The fourth-order valence-electron chi connectivity index (χ4n) is 3.35. The maximum Gasteiger partial charge on any atom is 0.326 e. The molecule has 0 aliphatic heterocycles. The largest absolute Gasteiger partial charge is 0.480 e. The van der Waals surface area contributed by atoms with E-state index < -0.39 is 47.9 Å². The number of nitrogens with zero attached hydrogens (tertiary/aromatic N) is 1. The van der Waals surface area contributed by atoms with Crippen molar-refractivity contribution in [1.29, 1.82) is 0 Å². The summed E-state index contributed by atoms with van der Waals surface area (Å²) >= 11 is 0. The molecule has 1 rings (SSSR count). The van der Waals surface area contributed by atoms with Gasteiger partial charge < -0.3 is 31.8 Å². The van der Waals surface area contributed by atoms with Gasteiger partial charge in [0.05, 0.1) is 12.4 Å². The van der Waals surface area contributed by atoms with Gasteiger partial charge in [-0.1, -0.05) is 48.0 Å². The summed E-state index contributed by atoms with van der Waals surface area (Å²) in [6.45, 7) is 11.1. The predicted octanol–water partition coefficient (Wildman–Crippen LogP) is 0.567. The number of hydrogen-bond acceptors (Lipinski definition) is 6. The Kier molecular flexibility index (Phi) is 11.7. The van der Waals surface area contributed by atoms with E-state index in [0.717, 1.165) is 0 Å². The van der Waals surface area contributed by atoms with E-state index in [0.29, 0.717) is 18.5 Å². The number of imidazole rings is 1. The molecule has 11 nitrogen and oxygen atoms in total. The summed E-state index contributed by atoms with van der Waals surface area (Å²) in [6.07, 6.45) is 3.93. The van der Waals surface area contributed by atoms with Crippen molar-refractivity contribution >= 4 is 23.7 Å². The van der Waals surface area contributed by atoms with Gasteiger partial charge in [0.15, 0.2) is 0 Å². The van der Waals surface area contributed by atoms with E-state index in [2.05, 4.69) is 25.9 Å². The molecule has 3 amide bonds. The zero-order chi connectivity index (χ0) is 26.0. The van der Waals surface area contributed by atoms with Crippen LogP contribution in [0.2, 0.25) is 0 Å². The molecule has 0 saturated carbocycles. The molecule has 0 radical (unpaired) electrons. The van der Waals surface area contributed by atoms with Crippen molar-refractivity contribution in [2.45, 2.75) is 85.0 Å². The summed E-state index contributed by atoms with van der Waals surface area (Å²) in [5, 5.41) is 17.5. The van der Waals surface area contributed by atoms with Crippen LogP contribution in [0.4, 0.5) is 0 Å². The maximum absolute atomic E-state index is 13.1. The average Bonchev–Trinajstić information content (AvgIpc) is 3.27. The lowest BCUT2D eigenvalue weighted by atomic mass is 9.96. The minimum Gasteiger partial charge on any atom is -0.480 e. The van der Waals surface area contributed by atoms with E-state index in [-0.39, 0.29) is 24.2 Å². The second-order valence-electron chi connectivity index (χ2n) is 9.51. The van der Waals surface area contributed by atoms with Crippen LogP contribution in [0.5, 0.6) is 0 Å². The quantitative estimate of drug-likeness (QED) is 0.225. The summed E-state index contributed by atoms with van der Waals surface area (Å²) in [5.41, 5.74) is 6.56. The molecular weight excluding hydrogens is 440 g/mol. The highest BCUT2D eigenvalue weighted by molar-refractivity contribution is 5.94. The summed E-state index contributed by atoms with van der Waals surface area (Å²) in [7, 11) is 0. The first-order valence-corrected chi connectivity index (χ1v) is 11.7. The van der Waals surface area contributed by atoms with Crippen molar-refractivity contribution in [1.82, 2.24) is 25.9 Å². The first-order chi connectivity index (χ1) is 15.9. The Morgan fingerprint density at radius 1 is 1.00 bits per heavy atom. The number of carbonyl (C=O) groups excluding carboxylic acids is 3. The molecule has 0 spiro atoms. The second kappa shape index (κ2) is 13.7. The number of aromatic nitrogens is 2. The summed E-state index contributed by atoms with van der Waals surface area (Å²) < 4.78 is 0. The Bertz CT molecular complexity index is 811. The number of carboxylic acid groups (broad SMARTS) is 1. The normalized spacial score (nSPS) is 15.8. The number of aliphatic carboxylic acids is 1. The fourth-order valence-corrected chi connectivity index (χ4v) is 3.35. The molecular formula is C23H40N6O5. The minimum absolute atomic E-state index is 0.0155. The molecule has 5 unspecified atom stereocenters. The average molecular weight is 481 g/mol. The molecule has 1 aromatic rings. The number of rotatable bonds is 14. The van der Waals surface area contributed by atoms with Gasteiger partial charge in [-0.3, -0.25) is 14.4 Å². The lowest BCUT2D eigenvalue weighted by Gasteiger charge is -2.28. The molecule has 0 saturated heterocycles. The molecule has 0 aliphatic carbocycles. The number of amides is 3. The smallest absolute Gasteiger partial charge is 0.326 e. The zero-order valence-corrected chi connectivity index (χ0v) is 20.9. The summed E-state index contributed by atoms with van der Waals surface area (Å²) in [6, 6.07) is -3.83. The number of carbonyl (C=O) groups is 4. The highest BCUT2D eigenvalue weighted by Crippen LogP contribution is 2.11. The van der Waals surface area contributed by atoms with E-state index in [1.54, 1.807) is 13.8 Å². The van der Waals surface area contributed by atoms with Crippen LogP contribution in [0.3, 0.4) is 0 Å². The standard InChI is InChI=1S/C23H40N6O5/c1-7-14(6)18(24)21(31)29-19(13(4)5)22(32)27-16(8-12(2)3)20(30)28-17(23(33)34)9-15-10-25-11-26-15/h10-14,16-19H,7-9,24H2,1-6H3,(H,25,26)(H,27,32)(H,28,30)(H,29,31)(H,33,34). The third-order valence-electron chi connectivity index (χ3n) is 5.74. The second-order valence-corrected chi connectivity index (χ2v) is 9.51. The number of hydrogen-bond donors (Lipinski definition) is 6. The van der Waals surface area contributed by atoms with Crippen LogP contribution in [-0.4, -0.2) is 62.9 Å². The maximum atomic E-state index is 13.1. The van der Waals surface area contributed by atoms with Gasteiger partial charge in [0.25, 0.3) is 0 Å². The number of nitrogens with two attached hydrogens (primary N) is 1. The molecule has 192 valence electrons. The van der Waals surface area contributed by atoms with Crippen LogP contribution in [0.25, 0.3) is 0 Å². The number of H-pyrrole nitrogens is 1. The Morgan fingerprint density at radius 2 is 1.62 bits per heavy atom. The molecule has 7 N–H and O–H groups in total. The molecule has 0 aromatic carbocycles. The van der Waals surface area contributed by atoms with Crippen molar-refractivity contribution in [2.24, 2.45) is 23.5 Å². The van der Waals surface area contributed by atoms with E-state index in [4.69, 9.17) is 5.73 Å². The van der Waals surface area contributed by atoms with Gasteiger partial charge in [-0.15, -0.1) is 0 Å². The number of carboxylic acids is 1. The number of nitrogens with one attached hydrogen (secondary N) is 4. The minimum atomic E-state index is -1.20. The van der Waals surface area contributed by atoms with Gasteiger partial charge in [-0.05, 0) is 24.2 Å². The first kappa shape index (κ1) is 29.1. The third kappa shape index (κ3) is 9.12. The topological polar surface area (TPSA) is 179 Å².